The molecule has 1 atom stereocenters. The van der Waals surface area contributed by atoms with Crippen LogP contribution in [0.15, 0.2) is 11.6 Å². The van der Waals surface area contributed by atoms with Crippen LogP contribution in [0.5, 0.6) is 0 Å². The van der Waals surface area contributed by atoms with Crippen LogP contribution in [0, 0.1) is 5.92 Å². The van der Waals surface area contributed by atoms with Crippen LogP contribution in [0.4, 0.5) is 0 Å². The first-order valence-electron chi connectivity index (χ1n) is 8.57. The van der Waals surface area contributed by atoms with E-state index in [-0.39, 0.29) is 6.61 Å². The Morgan fingerprint density at radius 3 is 2.11 bits per heavy atom. The summed E-state index contributed by atoms with van der Waals surface area (Å²) in [4.78, 5) is 0. The fourth-order valence-corrected chi connectivity index (χ4v) is 2.72. The Bertz CT molecular complexity index is 208. The van der Waals surface area contributed by atoms with Crippen molar-refractivity contribution in [1.29, 1.82) is 0 Å². The maximum Gasteiger partial charge on any atom is 0.0615 e. The van der Waals surface area contributed by atoms with E-state index in [9.17, 15) is 0 Å². The molecule has 1 heteroatoms. The van der Waals surface area contributed by atoms with Gasteiger partial charge in [-0.25, -0.2) is 0 Å². The van der Waals surface area contributed by atoms with Crippen molar-refractivity contribution in [3.8, 4) is 0 Å². The predicted molar refractivity (Wildman–Crippen MR) is 86.5 cm³/mol. The Morgan fingerprint density at radius 1 is 0.895 bits per heavy atom. The zero-order valence-electron chi connectivity index (χ0n) is 13.6. The molecule has 0 saturated heterocycles. The van der Waals surface area contributed by atoms with Crippen LogP contribution >= 0.6 is 0 Å². The Hall–Kier alpha value is -0.300. The summed E-state index contributed by atoms with van der Waals surface area (Å²) in [5.74, 6) is 0.848. The molecule has 0 aliphatic rings. The second kappa shape index (κ2) is 14.1. The van der Waals surface area contributed by atoms with Gasteiger partial charge in [0.1, 0.15) is 0 Å². The van der Waals surface area contributed by atoms with Gasteiger partial charge in [-0.05, 0) is 25.2 Å². The highest BCUT2D eigenvalue weighted by molar-refractivity contribution is 5.03. The SMILES string of the molecule is CCCCCC(CCCC)CC(=CCO)CCCC. The van der Waals surface area contributed by atoms with Gasteiger partial charge in [-0.2, -0.15) is 0 Å². The van der Waals surface area contributed by atoms with E-state index in [1.807, 2.05) is 0 Å². The normalized spacial score (nSPS) is 13.8. The van der Waals surface area contributed by atoms with Gasteiger partial charge in [-0.15, -0.1) is 0 Å². The van der Waals surface area contributed by atoms with Crippen molar-refractivity contribution in [3.63, 3.8) is 0 Å². The van der Waals surface area contributed by atoms with Gasteiger partial charge < -0.3 is 5.11 Å². The van der Waals surface area contributed by atoms with Crippen molar-refractivity contribution in [2.45, 2.75) is 91.4 Å². The number of hydrogen-bond donors (Lipinski definition) is 1. The van der Waals surface area contributed by atoms with E-state index in [1.165, 1.54) is 76.2 Å². The summed E-state index contributed by atoms with van der Waals surface area (Å²) < 4.78 is 0. The fraction of sp³-hybridized carbons (Fsp3) is 0.889. The third-order valence-corrected chi connectivity index (χ3v) is 3.96. The molecule has 0 rings (SSSR count). The molecule has 0 aromatic heterocycles. The lowest BCUT2D eigenvalue weighted by atomic mass is 9.87. The quantitative estimate of drug-likeness (QED) is 0.327. The van der Waals surface area contributed by atoms with E-state index in [2.05, 4.69) is 26.8 Å². The average Bonchev–Trinajstić information content (AvgIpc) is 2.42. The average molecular weight is 268 g/mol. The smallest absolute Gasteiger partial charge is 0.0615 e. The molecule has 0 spiro atoms. The van der Waals surface area contributed by atoms with E-state index in [0.717, 1.165) is 5.92 Å². The molecular weight excluding hydrogens is 232 g/mol. The van der Waals surface area contributed by atoms with Gasteiger partial charge in [0, 0.05) is 0 Å². The number of rotatable bonds is 13. The standard InChI is InChI=1S/C18H36O/c1-4-7-10-13-17(11-8-5-2)16-18(14-15-19)12-9-6-3/h14,17,19H,4-13,15-16H2,1-3H3. The maximum absolute atomic E-state index is 9.16. The van der Waals surface area contributed by atoms with Crippen LogP contribution in [0.3, 0.4) is 0 Å². The third kappa shape index (κ3) is 11.2. The molecule has 0 aromatic rings. The topological polar surface area (TPSA) is 20.2 Å². The van der Waals surface area contributed by atoms with E-state index < -0.39 is 0 Å². The van der Waals surface area contributed by atoms with Crippen LogP contribution in [0.1, 0.15) is 91.4 Å². The second-order valence-electron chi connectivity index (χ2n) is 5.86. The highest BCUT2D eigenvalue weighted by Crippen LogP contribution is 2.26. The molecule has 0 aromatic carbocycles. The van der Waals surface area contributed by atoms with Gasteiger partial charge in [0.25, 0.3) is 0 Å². The highest BCUT2D eigenvalue weighted by atomic mass is 16.2. The molecule has 0 bridgehead atoms. The van der Waals surface area contributed by atoms with Crippen molar-refractivity contribution in [3.05, 3.63) is 11.6 Å². The summed E-state index contributed by atoms with van der Waals surface area (Å²) in [5.41, 5.74) is 1.50. The summed E-state index contributed by atoms with van der Waals surface area (Å²) >= 11 is 0. The van der Waals surface area contributed by atoms with Gasteiger partial charge in [-0.1, -0.05) is 83.8 Å². The van der Waals surface area contributed by atoms with Crippen molar-refractivity contribution < 1.29 is 5.11 Å². The first-order valence-corrected chi connectivity index (χ1v) is 8.57. The Balaban J connectivity index is 4.24. The molecule has 0 fully saturated rings. The van der Waals surface area contributed by atoms with Crippen LogP contribution in [-0.2, 0) is 0 Å². The molecule has 114 valence electrons. The predicted octanol–water partition coefficient (Wildman–Crippen LogP) is 5.87. The van der Waals surface area contributed by atoms with Crippen molar-refractivity contribution >= 4 is 0 Å². The Labute approximate surface area is 121 Å². The first kappa shape index (κ1) is 18.7. The van der Waals surface area contributed by atoms with Crippen molar-refractivity contribution in [1.82, 2.24) is 0 Å². The van der Waals surface area contributed by atoms with Crippen LogP contribution in [-0.4, -0.2) is 11.7 Å². The summed E-state index contributed by atoms with van der Waals surface area (Å²) in [6.07, 6.45) is 16.5. The summed E-state index contributed by atoms with van der Waals surface area (Å²) in [6.45, 7) is 7.02. The number of aliphatic hydroxyl groups is 1. The largest absolute Gasteiger partial charge is 0.392 e. The van der Waals surface area contributed by atoms with Crippen molar-refractivity contribution in [2.75, 3.05) is 6.61 Å². The van der Waals surface area contributed by atoms with Gasteiger partial charge >= 0.3 is 0 Å². The number of aliphatic hydroxyl groups excluding tert-OH is 1. The molecule has 0 heterocycles. The number of allylic oxidation sites excluding steroid dienone is 1. The second-order valence-corrected chi connectivity index (χ2v) is 5.86. The van der Waals surface area contributed by atoms with Gasteiger partial charge in [-0.3, -0.25) is 0 Å². The van der Waals surface area contributed by atoms with Gasteiger partial charge in [0.15, 0.2) is 0 Å². The summed E-state index contributed by atoms with van der Waals surface area (Å²) in [6, 6.07) is 0. The zero-order chi connectivity index (χ0) is 14.3. The Morgan fingerprint density at radius 2 is 1.53 bits per heavy atom. The molecule has 1 N–H and O–H groups in total. The number of unbranched alkanes of at least 4 members (excludes halogenated alkanes) is 4. The van der Waals surface area contributed by atoms with E-state index in [0.29, 0.717) is 0 Å². The van der Waals surface area contributed by atoms with E-state index >= 15 is 0 Å². The van der Waals surface area contributed by atoms with Crippen molar-refractivity contribution in [2.24, 2.45) is 5.92 Å². The third-order valence-electron chi connectivity index (χ3n) is 3.96. The molecule has 0 radical (unpaired) electrons. The van der Waals surface area contributed by atoms with E-state index in [1.54, 1.807) is 0 Å². The first-order chi connectivity index (χ1) is 9.28. The molecular formula is C18H36O. The van der Waals surface area contributed by atoms with Crippen LogP contribution in [0.25, 0.3) is 0 Å². The lowest BCUT2D eigenvalue weighted by Crippen LogP contribution is -2.04. The molecule has 1 nitrogen and oxygen atoms in total. The van der Waals surface area contributed by atoms with Crippen LogP contribution < -0.4 is 0 Å². The minimum atomic E-state index is 0.217. The molecule has 0 aliphatic heterocycles. The monoisotopic (exact) mass is 268 g/mol. The highest BCUT2D eigenvalue weighted by Gasteiger charge is 2.10. The molecule has 19 heavy (non-hydrogen) atoms. The maximum atomic E-state index is 9.16. The molecule has 0 amide bonds. The minimum Gasteiger partial charge on any atom is -0.392 e. The van der Waals surface area contributed by atoms with Gasteiger partial charge in [0.2, 0.25) is 0 Å². The molecule has 0 saturated carbocycles. The lowest BCUT2D eigenvalue weighted by molar-refractivity contribution is 0.339. The minimum absolute atomic E-state index is 0.217. The zero-order valence-corrected chi connectivity index (χ0v) is 13.6. The summed E-state index contributed by atoms with van der Waals surface area (Å²) in [5, 5.41) is 9.16. The Kier molecular flexibility index (Phi) is 13.9. The molecule has 0 aliphatic carbocycles. The molecule has 1 unspecified atom stereocenters. The number of hydrogen-bond acceptors (Lipinski definition) is 1. The lowest BCUT2D eigenvalue weighted by Gasteiger charge is -2.19. The van der Waals surface area contributed by atoms with E-state index in [4.69, 9.17) is 5.11 Å². The fourth-order valence-electron chi connectivity index (χ4n) is 2.72. The van der Waals surface area contributed by atoms with Crippen LogP contribution in [0.2, 0.25) is 0 Å². The van der Waals surface area contributed by atoms with Gasteiger partial charge in [0.05, 0.1) is 6.61 Å². The summed E-state index contributed by atoms with van der Waals surface area (Å²) in [7, 11) is 0.